The highest BCUT2D eigenvalue weighted by Crippen LogP contribution is 2.29. The van der Waals surface area contributed by atoms with Crippen LogP contribution >= 0.6 is 0 Å². The summed E-state index contributed by atoms with van der Waals surface area (Å²) in [6.07, 6.45) is 5.78. The maximum atomic E-state index is 12.1. The van der Waals surface area contributed by atoms with E-state index in [9.17, 15) is 4.79 Å². The number of hydrogen-bond acceptors (Lipinski definition) is 2. The SMILES string of the molecule is CC1CCC(C(=O)NCC2(C)CCNC2)CC1. The monoisotopic (exact) mass is 238 g/mol. The van der Waals surface area contributed by atoms with E-state index >= 15 is 0 Å². The first-order valence-corrected chi connectivity index (χ1v) is 7.07. The molecule has 3 heteroatoms. The van der Waals surface area contributed by atoms with Crippen LogP contribution < -0.4 is 10.6 Å². The summed E-state index contributed by atoms with van der Waals surface area (Å²) in [5.74, 6) is 1.39. The van der Waals surface area contributed by atoms with Gasteiger partial charge in [-0.3, -0.25) is 4.79 Å². The normalized spacial score (nSPS) is 38.0. The van der Waals surface area contributed by atoms with E-state index in [1.807, 2.05) is 0 Å². The second-order valence-corrected chi connectivity index (χ2v) is 6.41. The molecule has 1 aliphatic carbocycles. The first kappa shape index (κ1) is 12.9. The molecule has 0 aromatic carbocycles. The van der Waals surface area contributed by atoms with Gasteiger partial charge in [0.25, 0.3) is 0 Å². The predicted octanol–water partition coefficient (Wildman–Crippen LogP) is 1.93. The maximum Gasteiger partial charge on any atom is 0.223 e. The highest BCUT2D eigenvalue weighted by Gasteiger charge is 2.30. The van der Waals surface area contributed by atoms with Gasteiger partial charge in [0.1, 0.15) is 0 Å². The zero-order valence-corrected chi connectivity index (χ0v) is 11.2. The molecule has 17 heavy (non-hydrogen) atoms. The molecule has 0 radical (unpaired) electrons. The van der Waals surface area contributed by atoms with Crippen molar-refractivity contribution in [1.82, 2.24) is 10.6 Å². The smallest absolute Gasteiger partial charge is 0.223 e. The third-order valence-electron chi connectivity index (χ3n) is 4.53. The molecule has 2 fully saturated rings. The number of carbonyl (C=O) groups excluding carboxylic acids is 1. The Morgan fingerprint density at radius 2 is 2.06 bits per heavy atom. The quantitative estimate of drug-likeness (QED) is 0.789. The van der Waals surface area contributed by atoms with Gasteiger partial charge in [-0.1, -0.05) is 13.8 Å². The van der Waals surface area contributed by atoms with Crippen molar-refractivity contribution >= 4 is 5.91 Å². The molecule has 0 aromatic rings. The number of rotatable bonds is 3. The number of amides is 1. The van der Waals surface area contributed by atoms with Crippen LogP contribution in [0.2, 0.25) is 0 Å². The van der Waals surface area contributed by atoms with Crippen LogP contribution in [-0.2, 0) is 4.79 Å². The van der Waals surface area contributed by atoms with Crippen molar-refractivity contribution in [2.75, 3.05) is 19.6 Å². The molecule has 1 aliphatic heterocycles. The van der Waals surface area contributed by atoms with Crippen molar-refractivity contribution in [2.24, 2.45) is 17.3 Å². The molecule has 1 heterocycles. The number of carbonyl (C=O) groups is 1. The Morgan fingerprint density at radius 1 is 1.35 bits per heavy atom. The van der Waals surface area contributed by atoms with Crippen molar-refractivity contribution in [2.45, 2.75) is 46.0 Å². The van der Waals surface area contributed by atoms with Crippen molar-refractivity contribution < 1.29 is 4.79 Å². The third-order valence-corrected chi connectivity index (χ3v) is 4.53. The zero-order chi connectivity index (χ0) is 12.3. The lowest BCUT2D eigenvalue weighted by Gasteiger charge is -2.28. The van der Waals surface area contributed by atoms with Gasteiger partial charge in [0.2, 0.25) is 5.91 Å². The summed E-state index contributed by atoms with van der Waals surface area (Å²) in [5, 5.41) is 6.54. The lowest BCUT2D eigenvalue weighted by molar-refractivity contribution is -0.126. The summed E-state index contributed by atoms with van der Waals surface area (Å²) in [7, 11) is 0. The fraction of sp³-hybridized carbons (Fsp3) is 0.929. The van der Waals surface area contributed by atoms with E-state index in [2.05, 4.69) is 24.5 Å². The molecule has 1 amide bonds. The molecule has 1 saturated heterocycles. The molecule has 2 aliphatic rings. The Morgan fingerprint density at radius 3 is 2.65 bits per heavy atom. The van der Waals surface area contributed by atoms with Crippen LogP contribution in [0.1, 0.15) is 46.0 Å². The van der Waals surface area contributed by atoms with E-state index in [-0.39, 0.29) is 11.3 Å². The average molecular weight is 238 g/mol. The van der Waals surface area contributed by atoms with E-state index in [0.29, 0.717) is 5.91 Å². The first-order chi connectivity index (χ1) is 8.09. The lowest BCUT2D eigenvalue weighted by Crippen LogP contribution is -2.40. The van der Waals surface area contributed by atoms with Crippen molar-refractivity contribution in [3.8, 4) is 0 Å². The van der Waals surface area contributed by atoms with Crippen LogP contribution in [0.15, 0.2) is 0 Å². The number of hydrogen-bond donors (Lipinski definition) is 2. The van der Waals surface area contributed by atoms with E-state index in [0.717, 1.165) is 38.4 Å². The molecule has 0 bridgehead atoms. The maximum absolute atomic E-state index is 12.1. The molecule has 98 valence electrons. The molecule has 2 N–H and O–H groups in total. The van der Waals surface area contributed by atoms with E-state index in [1.54, 1.807) is 0 Å². The van der Waals surface area contributed by atoms with Gasteiger partial charge >= 0.3 is 0 Å². The molecule has 1 atom stereocenters. The van der Waals surface area contributed by atoms with Gasteiger partial charge in [0, 0.05) is 19.0 Å². The summed E-state index contributed by atoms with van der Waals surface area (Å²) < 4.78 is 0. The fourth-order valence-electron chi connectivity index (χ4n) is 2.99. The van der Waals surface area contributed by atoms with Gasteiger partial charge in [0.05, 0.1) is 0 Å². The second-order valence-electron chi connectivity index (χ2n) is 6.41. The Balaban J connectivity index is 1.73. The first-order valence-electron chi connectivity index (χ1n) is 7.07. The minimum absolute atomic E-state index is 0.275. The minimum atomic E-state index is 0.275. The van der Waals surface area contributed by atoms with Crippen molar-refractivity contribution in [3.05, 3.63) is 0 Å². The van der Waals surface area contributed by atoms with E-state index in [4.69, 9.17) is 0 Å². The van der Waals surface area contributed by atoms with Crippen molar-refractivity contribution in [1.29, 1.82) is 0 Å². The van der Waals surface area contributed by atoms with Gasteiger partial charge in [-0.2, -0.15) is 0 Å². The fourth-order valence-corrected chi connectivity index (χ4v) is 2.99. The Hall–Kier alpha value is -0.570. The highest BCUT2D eigenvalue weighted by molar-refractivity contribution is 5.78. The molecular weight excluding hydrogens is 212 g/mol. The molecule has 1 saturated carbocycles. The molecular formula is C14H26N2O. The molecule has 3 nitrogen and oxygen atoms in total. The Labute approximate surface area is 105 Å². The van der Waals surface area contributed by atoms with Crippen LogP contribution in [0.4, 0.5) is 0 Å². The van der Waals surface area contributed by atoms with Crippen LogP contribution in [-0.4, -0.2) is 25.5 Å². The van der Waals surface area contributed by atoms with Gasteiger partial charge in [-0.25, -0.2) is 0 Å². The highest BCUT2D eigenvalue weighted by atomic mass is 16.1. The third kappa shape index (κ3) is 3.44. The second kappa shape index (κ2) is 5.38. The summed E-state index contributed by atoms with van der Waals surface area (Å²) in [6.45, 7) is 7.52. The zero-order valence-electron chi connectivity index (χ0n) is 11.2. The van der Waals surface area contributed by atoms with Gasteiger partial charge in [-0.15, -0.1) is 0 Å². The summed E-state index contributed by atoms with van der Waals surface area (Å²) in [5.41, 5.74) is 0.275. The largest absolute Gasteiger partial charge is 0.355 e. The van der Waals surface area contributed by atoms with E-state index in [1.165, 1.54) is 19.3 Å². The Bertz CT molecular complexity index is 263. The van der Waals surface area contributed by atoms with Crippen LogP contribution in [0.3, 0.4) is 0 Å². The summed E-state index contributed by atoms with van der Waals surface area (Å²) in [6, 6.07) is 0. The topological polar surface area (TPSA) is 41.1 Å². The van der Waals surface area contributed by atoms with Crippen LogP contribution in [0, 0.1) is 17.3 Å². The molecule has 2 rings (SSSR count). The molecule has 0 spiro atoms. The standard InChI is InChI=1S/C14H26N2O/c1-11-3-5-12(6-4-11)13(17)16-10-14(2)7-8-15-9-14/h11-12,15H,3-10H2,1-2H3,(H,16,17). The van der Waals surface area contributed by atoms with Crippen LogP contribution in [0.5, 0.6) is 0 Å². The average Bonchev–Trinajstić information content (AvgIpc) is 2.75. The summed E-state index contributed by atoms with van der Waals surface area (Å²) >= 11 is 0. The summed E-state index contributed by atoms with van der Waals surface area (Å²) in [4.78, 5) is 12.1. The van der Waals surface area contributed by atoms with Gasteiger partial charge in [0.15, 0.2) is 0 Å². The van der Waals surface area contributed by atoms with E-state index < -0.39 is 0 Å². The van der Waals surface area contributed by atoms with Gasteiger partial charge < -0.3 is 10.6 Å². The van der Waals surface area contributed by atoms with Gasteiger partial charge in [-0.05, 0) is 50.0 Å². The van der Waals surface area contributed by atoms with Crippen LogP contribution in [0.25, 0.3) is 0 Å². The Kier molecular flexibility index (Phi) is 4.08. The van der Waals surface area contributed by atoms with Crippen molar-refractivity contribution in [3.63, 3.8) is 0 Å². The molecule has 1 unspecified atom stereocenters. The minimum Gasteiger partial charge on any atom is -0.355 e. The number of nitrogens with one attached hydrogen (secondary N) is 2. The molecule has 0 aromatic heterocycles. The lowest BCUT2D eigenvalue weighted by atomic mass is 9.82. The predicted molar refractivity (Wildman–Crippen MR) is 69.7 cm³/mol.